The Bertz CT molecular complexity index is 907. The van der Waals surface area contributed by atoms with Gasteiger partial charge in [-0.05, 0) is 50.2 Å². The second-order valence-corrected chi connectivity index (χ2v) is 9.50. The standard InChI is InChI=1S/C23H30N4O5/c1-23(22(31)32)7-10-26(11-8-23)20(29)12-15-6-9-27(14-15)18-4-2-16(13-24-18)17-3-5-19(28)25-21(17)30/h2,4,13,15,17H,3,5-12,14H2,1H3,(H,31,32)(H,25,28,30)/t15-,17-/m1/s1. The van der Waals surface area contributed by atoms with Gasteiger partial charge in [-0.3, -0.25) is 24.5 Å². The molecule has 0 bridgehead atoms. The third-order valence-electron chi connectivity index (χ3n) is 7.22. The number of piperidine rings is 2. The van der Waals surface area contributed by atoms with Crippen LogP contribution < -0.4 is 10.2 Å². The largest absolute Gasteiger partial charge is 0.481 e. The molecule has 0 spiro atoms. The van der Waals surface area contributed by atoms with Crippen LogP contribution in [0.5, 0.6) is 0 Å². The van der Waals surface area contributed by atoms with E-state index in [0.717, 1.165) is 30.9 Å². The third-order valence-corrected chi connectivity index (χ3v) is 7.22. The minimum atomic E-state index is -0.785. The molecule has 0 aromatic carbocycles. The number of imide groups is 1. The lowest BCUT2D eigenvalue weighted by molar-refractivity contribution is -0.153. The maximum absolute atomic E-state index is 12.7. The molecule has 2 N–H and O–H groups in total. The number of likely N-dealkylation sites (tertiary alicyclic amines) is 1. The number of pyridine rings is 1. The van der Waals surface area contributed by atoms with Crippen molar-refractivity contribution in [1.82, 2.24) is 15.2 Å². The van der Waals surface area contributed by atoms with Gasteiger partial charge in [0.2, 0.25) is 17.7 Å². The smallest absolute Gasteiger partial charge is 0.309 e. The number of aromatic nitrogens is 1. The highest BCUT2D eigenvalue weighted by Gasteiger charge is 2.38. The Balaban J connectivity index is 1.28. The Kier molecular flexibility index (Phi) is 6.17. The van der Waals surface area contributed by atoms with Crippen LogP contribution in [0.4, 0.5) is 5.82 Å². The van der Waals surface area contributed by atoms with Crippen LogP contribution in [-0.4, -0.2) is 64.9 Å². The lowest BCUT2D eigenvalue weighted by atomic mass is 9.80. The zero-order valence-corrected chi connectivity index (χ0v) is 18.4. The molecular formula is C23H30N4O5. The summed E-state index contributed by atoms with van der Waals surface area (Å²) in [4.78, 5) is 56.0. The first kappa shape index (κ1) is 22.2. The van der Waals surface area contributed by atoms with Gasteiger partial charge in [0.05, 0.1) is 11.3 Å². The summed E-state index contributed by atoms with van der Waals surface area (Å²) in [6, 6.07) is 3.80. The van der Waals surface area contributed by atoms with Crippen molar-refractivity contribution in [2.45, 2.75) is 51.4 Å². The quantitative estimate of drug-likeness (QED) is 0.664. The molecule has 1 aromatic rings. The van der Waals surface area contributed by atoms with Gasteiger partial charge in [-0.1, -0.05) is 6.07 Å². The SMILES string of the molecule is CC1(C(=O)O)CCN(C(=O)C[C@H]2CCN(c3ccc([C@H]4CCC(=O)NC4=O)cn3)C2)CC1. The molecular weight excluding hydrogens is 412 g/mol. The first-order valence-corrected chi connectivity index (χ1v) is 11.3. The van der Waals surface area contributed by atoms with Gasteiger partial charge in [-0.25, -0.2) is 4.98 Å². The Morgan fingerprint density at radius 2 is 1.94 bits per heavy atom. The number of aliphatic carboxylic acids is 1. The van der Waals surface area contributed by atoms with Gasteiger partial charge in [0, 0.05) is 45.2 Å². The molecule has 172 valence electrons. The number of rotatable bonds is 5. The molecule has 3 fully saturated rings. The molecule has 1 aromatic heterocycles. The van der Waals surface area contributed by atoms with Crippen LogP contribution in [-0.2, 0) is 19.2 Å². The first-order valence-electron chi connectivity index (χ1n) is 11.3. The minimum absolute atomic E-state index is 0.102. The highest BCUT2D eigenvalue weighted by molar-refractivity contribution is 6.00. The second-order valence-electron chi connectivity index (χ2n) is 9.50. The summed E-state index contributed by atoms with van der Waals surface area (Å²) >= 11 is 0. The summed E-state index contributed by atoms with van der Waals surface area (Å²) in [7, 11) is 0. The molecule has 9 nitrogen and oxygen atoms in total. The van der Waals surface area contributed by atoms with Gasteiger partial charge in [0.15, 0.2) is 0 Å². The second kappa shape index (κ2) is 8.88. The van der Waals surface area contributed by atoms with Crippen LogP contribution >= 0.6 is 0 Å². The van der Waals surface area contributed by atoms with Crippen molar-refractivity contribution in [3.05, 3.63) is 23.9 Å². The molecule has 3 aliphatic heterocycles. The van der Waals surface area contributed by atoms with E-state index in [9.17, 15) is 24.3 Å². The van der Waals surface area contributed by atoms with Crippen LogP contribution in [0.25, 0.3) is 0 Å². The van der Waals surface area contributed by atoms with E-state index in [-0.39, 0.29) is 29.6 Å². The van der Waals surface area contributed by atoms with Crippen molar-refractivity contribution >= 4 is 29.5 Å². The van der Waals surface area contributed by atoms with Crippen LogP contribution in [0, 0.1) is 11.3 Å². The summed E-state index contributed by atoms with van der Waals surface area (Å²) in [5.41, 5.74) is 0.0789. The Hall–Kier alpha value is -2.97. The van der Waals surface area contributed by atoms with Crippen molar-refractivity contribution in [2.24, 2.45) is 11.3 Å². The maximum Gasteiger partial charge on any atom is 0.309 e. The van der Waals surface area contributed by atoms with Crippen molar-refractivity contribution in [2.75, 3.05) is 31.1 Å². The molecule has 9 heteroatoms. The molecule has 3 aliphatic rings. The molecule has 3 saturated heterocycles. The molecule has 3 amide bonds. The normalized spacial score (nSPS) is 25.5. The van der Waals surface area contributed by atoms with Crippen LogP contribution in [0.3, 0.4) is 0 Å². The number of amides is 3. The molecule has 0 radical (unpaired) electrons. The monoisotopic (exact) mass is 442 g/mol. The first-order chi connectivity index (χ1) is 15.2. The van der Waals surface area contributed by atoms with Gasteiger partial charge in [0.1, 0.15) is 5.82 Å². The van der Waals surface area contributed by atoms with Crippen LogP contribution in [0.15, 0.2) is 18.3 Å². The van der Waals surface area contributed by atoms with E-state index in [4.69, 9.17) is 0 Å². The number of anilines is 1. The van der Waals surface area contributed by atoms with E-state index >= 15 is 0 Å². The highest BCUT2D eigenvalue weighted by atomic mass is 16.4. The van der Waals surface area contributed by atoms with Crippen LogP contribution in [0.1, 0.15) is 56.9 Å². The van der Waals surface area contributed by atoms with E-state index in [0.29, 0.717) is 45.2 Å². The molecule has 4 rings (SSSR count). The van der Waals surface area contributed by atoms with E-state index in [1.807, 2.05) is 12.1 Å². The van der Waals surface area contributed by atoms with E-state index in [1.54, 1.807) is 18.0 Å². The lowest BCUT2D eigenvalue weighted by Gasteiger charge is -2.36. The summed E-state index contributed by atoms with van der Waals surface area (Å²) < 4.78 is 0. The van der Waals surface area contributed by atoms with Gasteiger partial charge in [0.25, 0.3) is 0 Å². The number of carbonyl (C=O) groups is 4. The third kappa shape index (κ3) is 4.61. The molecule has 2 atom stereocenters. The molecule has 32 heavy (non-hydrogen) atoms. The maximum atomic E-state index is 12.7. The topological polar surface area (TPSA) is 120 Å². The zero-order chi connectivity index (χ0) is 22.9. The minimum Gasteiger partial charge on any atom is -0.481 e. The lowest BCUT2D eigenvalue weighted by Crippen LogP contribution is -2.45. The fourth-order valence-corrected chi connectivity index (χ4v) is 4.85. The van der Waals surface area contributed by atoms with E-state index < -0.39 is 11.4 Å². The summed E-state index contributed by atoms with van der Waals surface area (Å²) in [6.45, 7) is 4.32. The average Bonchev–Trinajstić information content (AvgIpc) is 3.23. The highest BCUT2D eigenvalue weighted by Crippen LogP contribution is 2.32. The Morgan fingerprint density at radius 3 is 2.56 bits per heavy atom. The van der Waals surface area contributed by atoms with Crippen molar-refractivity contribution < 1.29 is 24.3 Å². The Labute approximate surface area is 187 Å². The van der Waals surface area contributed by atoms with Crippen molar-refractivity contribution in [1.29, 1.82) is 0 Å². The fourth-order valence-electron chi connectivity index (χ4n) is 4.85. The Morgan fingerprint density at radius 1 is 1.19 bits per heavy atom. The number of nitrogens with zero attached hydrogens (tertiary/aromatic N) is 3. The number of carboxylic acid groups (broad SMARTS) is 1. The number of hydrogen-bond acceptors (Lipinski definition) is 6. The van der Waals surface area contributed by atoms with Crippen molar-refractivity contribution in [3.8, 4) is 0 Å². The van der Waals surface area contributed by atoms with E-state index in [1.165, 1.54) is 0 Å². The van der Waals surface area contributed by atoms with Crippen molar-refractivity contribution in [3.63, 3.8) is 0 Å². The van der Waals surface area contributed by atoms with E-state index in [2.05, 4.69) is 15.2 Å². The summed E-state index contributed by atoms with van der Waals surface area (Å²) in [5, 5.41) is 11.7. The summed E-state index contributed by atoms with van der Waals surface area (Å²) in [5.74, 6) is -0.452. The van der Waals surface area contributed by atoms with Gasteiger partial charge < -0.3 is 14.9 Å². The molecule has 0 aliphatic carbocycles. The number of hydrogen-bond donors (Lipinski definition) is 2. The zero-order valence-electron chi connectivity index (χ0n) is 18.4. The molecule has 0 unspecified atom stereocenters. The number of carboxylic acids is 1. The predicted molar refractivity (Wildman–Crippen MR) is 116 cm³/mol. The van der Waals surface area contributed by atoms with Gasteiger partial charge in [-0.15, -0.1) is 0 Å². The molecule has 4 heterocycles. The van der Waals surface area contributed by atoms with Gasteiger partial charge >= 0.3 is 5.97 Å². The van der Waals surface area contributed by atoms with Gasteiger partial charge in [-0.2, -0.15) is 0 Å². The summed E-state index contributed by atoms with van der Waals surface area (Å²) in [6.07, 6.45) is 4.91. The average molecular weight is 443 g/mol. The number of carbonyl (C=O) groups excluding carboxylic acids is 3. The number of nitrogens with one attached hydrogen (secondary N) is 1. The predicted octanol–water partition coefficient (Wildman–Crippen LogP) is 1.53. The van der Waals surface area contributed by atoms with Crippen LogP contribution in [0.2, 0.25) is 0 Å². The molecule has 0 saturated carbocycles. The fraction of sp³-hybridized carbons (Fsp3) is 0.609.